The zero-order chi connectivity index (χ0) is 21.2. The average Bonchev–Trinajstić information content (AvgIpc) is 3.23. The Balaban J connectivity index is 2.16. The van der Waals surface area contributed by atoms with E-state index < -0.39 is 0 Å². The van der Waals surface area contributed by atoms with E-state index in [-0.39, 0.29) is 30.2 Å². The molecule has 0 spiro atoms. The van der Waals surface area contributed by atoms with Gasteiger partial charge in [-0.05, 0) is 48.9 Å². The SMILES string of the molecule is CCCCC(=O)N(CC(=O)N(Cc1ccc(F)cc1)Cc1cccs1)[C@@H](C)CC. The van der Waals surface area contributed by atoms with Gasteiger partial charge in [0.15, 0.2) is 0 Å². The molecule has 0 fully saturated rings. The topological polar surface area (TPSA) is 40.6 Å². The number of unbranched alkanes of at least 4 members (excludes halogenated alkanes) is 1. The third kappa shape index (κ3) is 7.28. The van der Waals surface area contributed by atoms with Gasteiger partial charge in [0.05, 0.1) is 6.54 Å². The lowest BCUT2D eigenvalue weighted by atomic mass is 10.1. The van der Waals surface area contributed by atoms with Crippen LogP contribution in [-0.2, 0) is 22.7 Å². The highest BCUT2D eigenvalue weighted by atomic mass is 32.1. The van der Waals surface area contributed by atoms with Crippen molar-refractivity contribution in [2.75, 3.05) is 6.54 Å². The number of hydrogen-bond acceptors (Lipinski definition) is 3. The molecule has 0 unspecified atom stereocenters. The highest BCUT2D eigenvalue weighted by molar-refractivity contribution is 7.09. The first-order valence-corrected chi connectivity index (χ1v) is 11.2. The number of rotatable bonds is 11. The first-order chi connectivity index (χ1) is 13.9. The first kappa shape index (κ1) is 23.1. The molecule has 4 nitrogen and oxygen atoms in total. The molecule has 2 aromatic rings. The highest BCUT2D eigenvalue weighted by Gasteiger charge is 2.24. The van der Waals surface area contributed by atoms with Gasteiger partial charge in [0.1, 0.15) is 12.4 Å². The Labute approximate surface area is 177 Å². The van der Waals surface area contributed by atoms with Crippen molar-refractivity contribution < 1.29 is 14.0 Å². The molecule has 0 aliphatic heterocycles. The van der Waals surface area contributed by atoms with Crippen LogP contribution < -0.4 is 0 Å². The molecule has 0 N–H and O–H groups in total. The Hall–Kier alpha value is -2.21. The third-order valence-corrected chi connectivity index (χ3v) is 5.92. The second-order valence-corrected chi connectivity index (χ2v) is 8.37. The zero-order valence-corrected chi connectivity index (χ0v) is 18.4. The van der Waals surface area contributed by atoms with Gasteiger partial charge in [-0.15, -0.1) is 11.3 Å². The summed E-state index contributed by atoms with van der Waals surface area (Å²) in [6.45, 7) is 7.00. The van der Waals surface area contributed by atoms with E-state index in [9.17, 15) is 14.0 Å². The van der Waals surface area contributed by atoms with E-state index in [4.69, 9.17) is 0 Å². The number of thiophene rings is 1. The second-order valence-electron chi connectivity index (χ2n) is 7.34. The summed E-state index contributed by atoms with van der Waals surface area (Å²) in [5.41, 5.74) is 0.865. The van der Waals surface area contributed by atoms with Gasteiger partial charge in [0, 0.05) is 23.9 Å². The van der Waals surface area contributed by atoms with Crippen molar-refractivity contribution in [3.63, 3.8) is 0 Å². The molecule has 2 rings (SSSR count). The number of benzene rings is 1. The molecule has 0 saturated heterocycles. The van der Waals surface area contributed by atoms with Crippen LogP contribution in [0.3, 0.4) is 0 Å². The van der Waals surface area contributed by atoms with Gasteiger partial charge >= 0.3 is 0 Å². The lowest BCUT2D eigenvalue weighted by Crippen LogP contribution is -2.46. The van der Waals surface area contributed by atoms with Crippen molar-refractivity contribution >= 4 is 23.2 Å². The molecule has 0 aliphatic carbocycles. The standard InChI is InChI=1S/C23H31FN2O2S/c1-4-6-9-22(27)26(18(3)5-2)17-23(28)25(16-21-8-7-14-29-21)15-19-10-12-20(24)13-11-19/h7-8,10-14,18H,4-6,9,15-17H2,1-3H3/t18-/m0/s1. The average molecular weight is 419 g/mol. The van der Waals surface area contributed by atoms with Crippen LogP contribution in [0.4, 0.5) is 4.39 Å². The van der Waals surface area contributed by atoms with E-state index >= 15 is 0 Å². The van der Waals surface area contributed by atoms with E-state index in [1.807, 2.05) is 31.4 Å². The molecule has 158 valence electrons. The Morgan fingerprint density at radius 1 is 1.07 bits per heavy atom. The summed E-state index contributed by atoms with van der Waals surface area (Å²) >= 11 is 1.59. The van der Waals surface area contributed by atoms with Crippen LogP contribution >= 0.6 is 11.3 Å². The number of carbonyl (C=O) groups is 2. The van der Waals surface area contributed by atoms with Crippen molar-refractivity contribution in [2.24, 2.45) is 0 Å². The maximum atomic E-state index is 13.3. The number of amides is 2. The number of halogens is 1. The monoisotopic (exact) mass is 418 g/mol. The summed E-state index contributed by atoms with van der Waals surface area (Å²) in [5.74, 6) is -0.352. The summed E-state index contributed by atoms with van der Waals surface area (Å²) < 4.78 is 13.3. The quantitative estimate of drug-likeness (QED) is 0.501. The molecule has 0 radical (unpaired) electrons. The summed E-state index contributed by atoms with van der Waals surface area (Å²) in [4.78, 5) is 30.4. The summed E-state index contributed by atoms with van der Waals surface area (Å²) in [7, 11) is 0. The van der Waals surface area contributed by atoms with Crippen molar-refractivity contribution in [2.45, 2.75) is 65.6 Å². The molecule has 6 heteroatoms. The number of carbonyl (C=O) groups excluding carboxylic acids is 2. The van der Waals surface area contributed by atoms with Crippen molar-refractivity contribution in [1.29, 1.82) is 0 Å². The smallest absolute Gasteiger partial charge is 0.242 e. The normalized spacial score (nSPS) is 11.9. The third-order valence-electron chi connectivity index (χ3n) is 5.06. The lowest BCUT2D eigenvalue weighted by molar-refractivity contribution is -0.143. The molecule has 1 aromatic heterocycles. The lowest BCUT2D eigenvalue weighted by Gasteiger charge is -2.31. The summed E-state index contributed by atoms with van der Waals surface area (Å²) in [6, 6.07) is 10.2. The fourth-order valence-corrected chi connectivity index (χ4v) is 3.78. The molecule has 1 atom stereocenters. The van der Waals surface area contributed by atoms with Crippen LogP contribution in [0.15, 0.2) is 41.8 Å². The summed E-state index contributed by atoms with van der Waals surface area (Å²) in [6.07, 6.45) is 3.04. The van der Waals surface area contributed by atoms with Crippen LogP contribution in [0.2, 0.25) is 0 Å². The summed E-state index contributed by atoms with van der Waals surface area (Å²) in [5, 5.41) is 1.98. The van der Waals surface area contributed by atoms with Crippen LogP contribution in [0.25, 0.3) is 0 Å². The van der Waals surface area contributed by atoms with Crippen LogP contribution in [0.1, 0.15) is 56.9 Å². The predicted octanol–water partition coefficient (Wildman–Crippen LogP) is 5.23. The van der Waals surface area contributed by atoms with Gasteiger partial charge in [-0.25, -0.2) is 4.39 Å². The van der Waals surface area contributed by atoms with E-state index in [1.54, 1.807) is 33.3 Å². The van der Waals surface area contributed by atoms with E-state index in [0.29, 0.717) is 19.5 Å². The van der Waals surface area contributed by atoms with Gasteiger partial charge in [-0.3, -0.25) is 9.59 Å². The molecule has 0 bridgehead atoms. The molecule has 1 aromatic carbocycles. The minimum absolute atomic E-state index is 0.0118. The Morgan fingerprint density at radius 2 is 1.79 bits per heavy atom. The fraction of sp³-hybridized carbons (Fsp3) is 0.478. The second kappa shape index (κ2) is 11.7. The number of nitrogens with zero attached hydrogens (tertiary/aromatic N) is 2. The maximum Gasteiger partial charge on any atom is 0.242 e. The van der Waals surface area contributed by atoms with Crippen LogP contribution in [0.5, 0.6) is 0 Å². The van der Waals surface area contributed by atoms with Crippen molar-refractivity contribution in [1.82, 2.24) is 9.80 Å². The Bertz CT molecular complexity index is 762. The molecular formula is C23H31FN2O2S. The minimum Gasteiger partial charge on any atom is -0.332 e. The molecular weight excluding hydrogens is 387 g/mol. The van der Waals surface area contributed by atoms with Gasteiger partial charge in [-0.1, -0.05) is 38.5 Å². The molecule has 1 heterocycles. The van der Waals surface area contributed by atoms with E-state index in [2.05, 4.69) is 6.92 Å². The van der Waals surface area contributed by atoms with Crippen LogP contribution in [0, 0.1) is 5.82 Å². The Kier molecular flexibility index (Phi) is 9.32. The van der Waals surface area contributed by atoms with E-state index in [1.165, 1.54) is 12.1 Å². The van der Waals surface area contributed by atoms with Crippen LogP contribution in [-0.4, -0.2) is 34.2 Å². The predicted molar refractivity (Wildman–Crippen MR) is 116 cm³/mol. The fourth-order valence-electron chi connectivity index (χ4n) is 3.06. The molecule has 0 saturated carbocycles. The minimum atomic E-state index is -0.297. The largest absolute Gasteiger partial charge is 0.332 e. The maximum absolute atomic E-state index is 13.3. The Morgan fingerprint density at radius 3 is 2.38 bits per heavy atom. The van der Waals surface area contributed by atoms with Gasteiger partial charge in [-0.2, -0.15) is 0 Å². The molecule has 2 amide bonds. The first-order valence-electron chi connectivity index (χ1n) is 10.3. The van der Waals surface area contributed by atoms with Crippen molar-refractivity contribution in [3.8, 4) is 0 Å². The molecule has 29 heavy (non-hydrogen) atoms. The zero-order valence-electron chi connectivity index (χ0n) is 17.6. The van der Waals surface area contributed by atoms with Crippen molar-refractivity contribution in [3.05, 3.63) is 58.0 Å². The molecule has 0 aliphatic rings. The van der Waals surface area contributed by atoms with Gasteiger partial charge in [0.25, 0.3) is 0 Å². The van der Waals surface area contributed by atoms with Gasteiger partial charge < -0.3 is 9.80 Å². The van der Waals surface area contributed by atoms with E-state index in [0.717, 1.165) is 29.7 Å². The van der Waals surface area contributed by atoms with Gasteiger partial charge in [0.2, 0.25) is 11.8 Å². The highest BCUT2D eigenvalue weighted by Crippen LogP contribution is 2.17. The number of hydrogen-bond donors (Lipinski definition) is 0.